The molecule has 1 saturated heterocycles. The number of morpholine rings is 1. The van der Waals surface area contributed by atoms with Gasteiger partial charge in [-0.3, -0.25) is 15.1 Å². The van der Waals surface area contributed by atoms with Gasteiger partial charge in [0.25, 0.3) is 5.69 Å². The molecule has 0 unspecified atom stereocenters. The van der Waals surface area contributed by atoms with Crippen molar-refractivity contribution in [2.24, 2.45) is 0 Å². The van der Waals surface area contributed by atoms with Crippen LogP contribution in [0, 0.1) is 32.8 Å². The highest BCUT2D eigenvalue weighted by Crippen LogP contribution is 2.32. The fourth-order valence-corrected chi connectivity index (χ4v) is 2.80. The minimum absolute atomic E-state index is 0.0117. The fraction of sp³-hybridized carbons (Fsp3) is 0.278. The topological polar surface area (TPSA) is 143 Å². The van der Waals surface area contributed by atoms with Crippen LogP contribution < -0.4 is 10.6 Å². The number of nitro groups is 1. The first-order chi connectivity index (χ1) is 13.4. The van der Waals surface area contributed by atoms with Crippen LogP contribution in [-0.2, 0) is 17.4 Å². The highest BCUT2D eigenvalue weighted by atomic mass is 32.1. The van der Waals surface area contributed by atoms with Crippen LogP contribution in [0.3, 0.4) is 0 Å². The number of likely N-dealkylation sites (N-methyl/N-ethyl adjacent to an activating group) is 1. The maximum absolute atomic E-state index is 10.7. The van der Waals surface area contributed by atoms with Gasteiger partial charge in [-0.25, -0.2) is 0 Å². The molecule has 1 aromatic heterocycles. The number of ether oxygens (including phenoxy) is 1. The average molecular weight is 398 g/mol. The summed E-state index contributed by atoms with van der Waals surface area (Å²) in [4.78, 5) is 15.5. The summed E-state index contributed by atoms with van der Waals surface area (Å²) in [6.07, 6.45) is 0. The maximum Gasteiger partial charge on any atom is 0.269 e. The Balaban J connectivity index is 0.000000336. The first kappa shape index (κ1) is 21.0. The molecule has 0 radical (unpaired) electrons. The standard InChI is InChI=1S/C13H7N5O2S.C5H11NO/c14-5-9-11(10(6-15)13(21)17-12(9)16)7-1-3-8(4-2-7)18(19)20;1-6-2-4-7-5-3-6/h1-4H,(H3,16,17,21);2-5H2,1H3. The van der Waals surface area contributed by atoms with Crippen molar-refractivity contribution in [3.63, 3.8) is 0 Å². The molecule has 0 atom stereocenters. The second kappa shape index (κ2) is 9.58. The summed E-state index contributed by atoms with van der Waals surface area (Å²) in [5, 5.41) is 29.0. The van der Waals surface area contributed by atoms with E-state index < -0.39 is 4.92 Å². The Morgan fingerprint density at radius 3 is 2.21 bits per heavy atom. The number of hydrogen-bond acceptors (Lipinski definition) is 8. The SMILES string of the molecule is C[NH+]1CCOCC1.N#Cc1c(N)nc([S-])c(C#N)c1-c1ccc([N+](=O)[O-])cc1. The molecule has 0 amide bonds. The van der Waals surface area contributed by atoms with E-state index in [2.05, 4.69) is 12.0 Å². The highest BCUT2D eigenvalue weighted by molar-refractivity contribution is 7.58. The van der Waals surface area contributed by atoms with E-state index in [1.807, 2.05) is 12.1 Å². The Morgan fingerprint density at radius 1 is 1.21 bits per heavy atom. The zero-order chi connectivity index (χ0) is 20.7. The molecule has 144 valence electrons. The van der Waals surface area contributed by atoms with Gasteiger partial charge in [-0.1, -0.05) is 5.03 Å². The predicted octanol–water partition coefficient (Wildman–Crippen LogP) is 0.419. The molecule has 1 fully saturated rings. The average Bonchev–Trinajstić information content (AvgIpc) is 2.68. The van der Waals surface area contributed by atoms with Crippen LogP contribution in [0.4, 0.5) is 11.5 Å². The van der Waals surface area contributed by atoms with Crippen molar-refractivity contribution in [3.05, 3.63) is 45.5 Å². The van der Waals surface area contributed by atoms with Gasteiger partial charge in [0.05, 0.1) is 36.8 Å². The van der Waals surface area contributed by atoms with Gasteiger partial charge in [0, 0.05) is 17.7 Å². The van der Waals surface area contributed by atoms with Crippen LogP contribution in [0.2, 0.25) is 0 Å². The molecule has 9 nitrogen and oxygen atoms in total. The maximum atomic E-state index is 10.7. The molecule has 3 rings (SSSR count). The number of nitrogen functional groups attached to an aromatic ring is 1. The van der Waals surface area contributed by atoms with Crippen molar-refractivity contribution in [2.75, 3.05) is 39.1 Å². The number of quaternary nitrogens is 1. The number of aromatic nitrogens is 1. The molecule has 1 aliphatic rings. The number of benzene rings is 1. The van der Waals surface area contributed by atoms with E-state index in [9.17, 15) is 20.6 Å². The van der Waals surface area contributed by atoms with Gasteiger partial charge in [-0.2, -0.15) is 10.5 Å². The molecule has 1 aliphatic heterocycles. The van der Waals surface area contributed by atoms with Crippen LogP contribution in [0.5, 0.6) is 0 Å². The third-order valence-corrected chi connectivity index (χ3v) is 4.42. The Labute approximate surface area is 167 Å². The van der Waals surface area contributed by atoms with Crippen LogP contribution in [0.25, 0.3) is 11.1 Å². The van der Waals surface area contributed by atoms with Crippen molar-refractivity contribution in [1.29, 1.82) is 10.5 Å². The Bertz CT molecular complexity index is 906. The van der Waals surface area contributed by atoms with Crippen LogP contribution in [0.15, 0.2) is 29.3 Å². The number of anilines is 1. The Morgan fingerprint density at radius 2 is 1.79 bits per heavy atom. The largest absolute Gasteiger partial charge is 0.759 e. The molecule has 28 heavy (non-hydrogen) atoms. The molecule has 3 N–H and O–H groups in total. The quantitative estimate of drug-likeness (QED) is 0.421. The third-order valence-electron chi connectivity index (χ3n) is 4.13. The third kappa shape index (κ3) is 4.90. The number of hydrogen-bond donors (Lipinski definition) is 2. The number of nitrogens with one attached hydrogen (secondary N) is 1. The van der Waals surface area contributed by atoms with Crippen molar-refractivity contribution in [1.82, 2.24) is 4.98 Å². The van der Waals surface area contributed by atoms with Crippen LogP contribution >= 0.6 is 0 Å². The van der Waals surface area contributed by atoms with Gasteiger partial charge in [0.1, 0.15) is 30.5 Å². The minimum Gasteiger partial charge on any atom is -0.759 e. The molecular weight excluding hydrogens is 380 g/mol. The summed E-state index contributed by atoms with van der Waals surface area (Å²) in [7, 11) is 2.20. The summed E-state index contributed by atoms with van der Waals surface area (Å²) in [5.74, 6) is -0.0742. The number of pyridine rings is 1. The number of nitrogens with two attached hydrogens (primary N) is 1. The van der Waals surface area contributed by atoms with E-state index in [1.54, 1.807) is 4.90 Å². The normalized spacial score (nSPS) is 13.5. The van der Waals surface area contributed by atoms with Gasteiger partial charge in [0.15, 0.2) is 0 Å². The molecule has 0 spiro atoms. The van der Waals surface area contributed by atoms with Gasteiger partial charge >= 0.3 is 0 Å². The molecule has 10 heteroatoms. The van der Waals surface area contributed by atoms with E-state index in [4.69, 9.17) is 23.1 Å². The second-order valence-corrected chi connectivity index (χ2v) is 6.41. The molecule has 2 heterocycles. The van der Waals surface area contributed by atoms with Crippen molar-refractivity contribution < 1.29 is 14.6 Å². The summed E-state index contributed by atoms with van der Waals surface area (Å²) < 4.78 is 5.12. The van der Waals surface area contributed by atoms with Crippen molar-refractivity contribution >= 4 is 24.1 Å². The van der Waals surface area contributed by atoms with Crippen molar-refractivity contribution in [3.8, 4) is 23.3 Å². The number of nitriles is 2. The minimum atomic E-state index is -0.542. The lowest BCUT2D eigenvalue weighted by Crippen LogP contribution is -3.11. The zero-order valence-corrected chi connectivity index (χ0v) is 16.0. The lowest BCUT2D eigenvalue weighted by atomic mass is 9.97. The lowest BCUT2D eigenvalue weighted by Gasteiger charge is -2.18. The Hall–Kier alpha value is -3.31. The smallest absolute Gasteiger partial charge is 0.269 e. The number of nitro benzene ring substituents is 1. The van der Waals surface area contributed by atoms with E-state index in [-0.39, 0.29) is 33.2 Å². The zero-order valence-electron chi connectivity index (χ0n) is 15.1. The second-order valence-electron chi connectivity index (χ2n) is 6.02. The Kier molecular flexibility index (Phi) is 7.18. The van der Waals surface area contributed by atoms with Gasteiger partial charge in [-0.15, -0.1) is 0 Å². The summed E-state index contributed by atoms with van der Waals surface area (Å²) in [6.45, 7) is 4.26. The monoisotopic (exact) mass is 398 g/mol. The summed E-state index contributed by atoms with van der Waals surface area (Å²) >= 11 is 4.97. The molecule has 0 aliphatic carbocycles. The molecule has 0 bridgehead atoms. The van der Waals surface area contributed by atoms with E-state index in [0.29, 0.717) is 5.56 Å². The summed E-state index contributed by atoms with van der Waals surface area (Å²) in [5.41, 5.74) is 6.30. The van der Waals surface area contributed by atoms with Crippen molar-refractivity contribution in [2.45, 2.75) is 5.03 Å². The van der Waals surface area contributed by atoms with Gasteiger partial charge < -0.3 is 28.0 Å². The first-order valence-corrected chi connectivity index (χ1v) is 8.74. The van der Waals surface area contributed by atoms with Gasteiger partial charge in [0.2, 0.25) is 0 Å². The lowest BCUT2D eigenvalue weighted by molar-refractivity contribution is -0.888. The molecule has 1 aromatic carbocycles. The molecule has 0 saturated carbocycles. The number of rotatable bonds is 2. The van der Waals surface area contributed by atoms with Crippen LogP contribution in [0.1, 0.15) is 11.1 Å². The molecule has 2 aromatic rings. The number of nitrogens with zero attached hydrogens (tertiary/aromatic N) is 4. The summed E-state index contributed by atoms with van der Waals surface area (Å²) in [6, 6.07) is 9.20. The van der Waals surface area contributed by atoms with Gasteiger partial charge in [-0.05, 0) is 17.7 Å². The van der Waals surface area contributed by atoms with E-state index >= 15 is 0 Å². The van der Waals surface area contributed by atoms with Crippen LogP contribution in [-0.4, -0.2) is 43.3 Å². The highest BCUT2D eigenvalue weighted by Gasteiger charge is 2.16. The number of non-ortho nitro benzene ring substituents is 1. The first-order valence-electron chi connectivity index (χ1n) is 8.33. The molecular formula is C18H18N6O3S. The predicted molar refractivity (Wildman–Crippen MR) is 103 cm³/mol. The van der Waals surface area contributed by atoms with E-state index in [0.717, 1.165) is 13.2 Å². The fourth-order valence-electron chi connectivity index (χ4n) is 2.56. The van der Waals surface area contributed by atoms with E-state index in [1.165, 1.54) is 37.4 Å².